The third kappa shape index (κ3) is 2.30. The molecule has 0 aliphatic heterocycles. The van der Waals surface area contributed by atoms with Gasteiger partial charge in [0, 0.05) is 23.0 Å². The maximum Gasteiger partial charge on any atom is 0.200 e. The second kappa shape index (κ2) is 4.95. The average Bonchev–Trinajstić information content (AvgIpc) is 2.82. The fraction of sp³-hybridized carbons (Fsp3) is 0. The van der Waals surface area contributed by atoms with Crippen LogP contribution in [0, 0.1) is 4.77 Å². The zero-order valence-electron chi connectivity index (χ0n) is 9.75. The lowest BCUT2D eigenvalue weighted by Crippen LogP contribution is -1.97. The highest BCUT2D eigenvalue weighted by Gasteiger charge is 2.10. The van der Waals surface area contributed by atoms with E-state index in [4.69, 9.17) is 23.8 Å². The van der Waals surface area contributed by atoms with Crippen molar-refractivity contribution in [2.24, 2.45) is 0 Å². The molecule has 3 rings (SSSR count). The third-order valence-corrected chi connectivity index (χ3v) is 3.17. The van der Waals surface area contributed by atoms with Crippen molar-refractivity contribution in [1.82, 2.24) is 19.7 Å². The van der Waals surface area contributed by atoms with Crippen LogP contribution in [-0.2, 0) is 0 Å². The first-order chi connectivity index (χ1) is 9.25. The molecule has 0 amide bonds. The number of rotatable bonds is 2. The highest BCUT2D eigenvalue weighted by atomic mass is 35.5. The predicted molar refractivity (Wildman–Crippen MR) is 77.0 cm³/mol. The molecule has 1 N–H and O–H groups in total. The van der Waals surface area contributed by atoms with Crippen LogP contribution in [0.3, 0.4) is 0 Å². The van der Waals surface area contributed by atoms with E-state index in [-0.39, 0.29) is 0 Å². The van der Waals surface area contributed by atoms with Crippen molar-refractivity contribution in [2.45, 2.75) is 0 Å². The van der Waals surface area contributed by atoms with Gasteiger partial charge in [0.05, 0.1) is 5.69 Å². The van der Waals surface area contributed by atoms with Crippen molar-refractivity contribution in [3.05, 3.63) is 58.6 Å². The number of halogens is 1. The molecule has 0 saturated heterocycles. The summed E-state index contributed by atoms with van der Waals surface area (Å²) in [5.74, 6) is 0.709. The Morgan fingerprint density at radius 1 is 1.21 bits per heavy atom. The molecule has 6 heteroatoms. The Morgan fingerprint density at radius 3 is 2.84 bits per heavy atom. The summed E-state index contributed by atoms with van der Waals surface area (Å²) >= 11 is 11.3. The van der Waals surface area contributed by atoms with E-state index in [1.165, 1.54) is 0 Å². The second-order valence-electron chi connectivity index (χ2n) is 3.91. The number of benzene rings is 1. The molecule has 0 unspecified atom stereocenters. The molecular formula is C13H9ClN4S. The summed E-state index contributed by atoms with van der Waals surface area (Å²) in [6, 6.07) is 11.2. The number of pyridine rings is 1. The molecule has 4 nitrogen and oxygen atoms in total. The molecule has 0 saturated carbocycles. The van der Waals surface area contributed by atoms with Crippen LogP contribution >= 0.6 is 23.8 Å². The number of hydrogen-bond donors (Lipinski definition) is 1. The predicted octanol–water partition coefficient (Wildman–Crippen LogP) is 3.65. The number of H-pyrrole nitrogens is 1. The molecule has 19 heavy (non-hydrogen) atoms. The van der Waals surface area contributed by atoms with Crippen molar-refractivity contribution in [3.8, 4) is 17.1 Å². The summed E-state index contributed by atoms with van der Waals surface area (Å²) in [7, 11) is 0. The number of aromatic nitrogens is 4. The first-order valence-electron chi connectivity index (χ1n) is 5.59. The van der Waals surface area contributed by atoms with E-state index in [1.54, 1.807) is 12.4 Å². The first kappa shape index (κ1) is 12.1. The van der Waals surface area contributed by atoms with Crippen LogP contribution in [0.4, 0.5) is 0 Å². The fourth-order valence-electron chi connectivity index (χ4n) is 1.84. The monoisotopic (exact) mass is 288 g/mol. The summed E-state index contributed by atoms with van der Waals surface area (Å²) in [6.07, 6.45) is 3.46. The zero-order chi connectivity index (χ0) is 13.2. The van der Waals surface area contributed by atoms with Gasteiger partial charge in [0.15, 0.2) is 10.6 Å². The fourth-order valence-corrected chi connectivity index (χ4v) is 2.26. The summed E-state index contributed by atoms with van der Waals surface area (Å²) in [5, 5.41) is 7.70. The molecule has 3 aromatic rings. The lowest BCUT2D eigenvalue weighted by Gasteiger charge is -2.06. The minimum Gasteiger partial charge on any atom is -0.268 e. The first-order valence-corrected chi connectivity index (χ1v) is 6.38. The standard InChI is InChI=1S/C13H9ClN4S/c14-10-4-1-5-11(7-10)18-12(16-17-13(18)19)9-3-2-6-15-8-9/h1-8H,(H,17,19). The summed E-state index contributed by atoms with van der Waals surface area (Å²) in [6.45, 7) is 0. The maximum absolute atomic E-state index is 6.02. The zero-order valence-corrected chi connectivity index (χ0v) is 11.3. The van der Waals surface area contributed by atoms with Gasteiger partial charge in [0.25, 0.3) is 0 Å². The van der Waals surface area contributed by atoms with E-state index in [0.717, 1.165) is 11.3 Å². The quantitative estimate of drug-likeness (QED) is 0.732. The van der Waals surface area contributed by atoms with Crippen LogP contribution in [0.25, 0.3) is 17.1 Å². The number of aromatic amines is 1. The van der Waals surface area contributed by atoms with Crippen LogP contribution in [0.1, 0.15) is 0 Å². The molecule has 0 bridgehead atoms. The Morgan fingerprint density at radius 2 is 2.11 bits per heavy atom. The summed E-state index contributed by atoms with van der Waals surface area (Å²) in [5.41, 5.74) is 1.75. The van der Waals surface area contributed by atoms with E-state index in [9.17, 15) is 0 Å². The molecule has 1 aromatic carbocycles. The molecule has 0 atom stereocenters. The molecule has 0 spiro atoms. The lowest BCUT2D eigenvalue weighted by atomic mass is 10.2. The molecule has 2 aromatic heterocycles. The van der Waals surface area contributed by atoms with E-state index in [1.807, 2.05) is 41.0 Å². The molecule has 0 aliphatic rings. The van der Waals surface area contributed by atoms with Crippen molar-refractivity contribution in [2.75, 3.05) is 0 Å². The second-order valence-corrected chi connectivity index (χ2v) is 4.73. The Kier molecular flexibility index (Phi) is 3.15. The number of nitrogens with one attached hydrogen (secondary N) is 1. The van der Waals surface area contributed by atoms with Gasteiger partial charge in [-0.15, -0.1) is 0 Å². The van der Waals surface area contributed by atoms with Gasteiger partial charge in [-0.05, 0) is 42.5 Å². The van der Waals surface area contributed by atoms with Gasteiger partial charge in [-0.2, -0.15) is 5.10 Å². The molecule has 2 heterocycles. The van der Waals surface area contributed by atoms with Gasteiger partial charge >= 0.3 is 0 Å². The Labute approximate surface area is 119 Å². The normalized spacial score (nSPS) is 10.6. The van der Waals surface area contributed by atoms with E-state index in [0.29, 0.717) is 15.6 Å². The minimum absolute atomic E-state index is 0.515. The molecule has 94 valence electrons. The van der Waals surface area contributed by atoms with Gasteiger partial charge in [-0.3, -0.25) is 14.6 Å². The average molecular weight is 289 g/mol. The Hall–Kier alpha value is -1.98. The smallest absolute Gasteiger partial charge is 0.200 e. The maximum atomic E-state index is 6.02. The Bertz CT molecular complexity index is 764. The van der Waals surface area contributed by atoms with E-state index < -0.39 is 0 Å². The minimum atomic E-state index is 0.515. The van der Waals surface area contributed by atoms with Gasteiger partial charge in [-0.1, -0.05) is 17.7 Å². The van der Waals surface area contributed by atoms with E-state index >= 15 is 0 Å². The molecular weight excluding hydrogens is 280 g/mol. The molecule has 0 radical (unpaired) electrons. The van der Waals surface area contributed by atoms with Gasteiger partial charge in [0.1, 0.15) is 0 Å². The SMILES string of the molecule is S=c1[nH]nc(-c2cccnc2)n1-c1cccc(Cl)c1. The highest BCUT2D eigenvalue weighted by Crippen LogP contribution is 2.22. The van der Waals surface area contributed by atoms with Crippen molar-refractivity contribution < 1.29 is 0 Å². The Balaban J connectivity index is 2.23. The molecule has 0 fully saturated rings. The van der Waals surface area contributed by atoms with Gasteiger partial charge in [0.2, 0.25) is 0 Å². The lowest BCUT2D eigenvalue weighted by molar-refractivity contribution is 1.03. The van der Waals surface area contributed by atoms with Crippen LogP contribution in [-0.4, -0.2) is 19.7 Å². The van der Waals surface area contributed by atoms with Crippen LogP contribution < -0.4 is 0 Å². The van der Waals surface area contributed by atoms with Crippen molar-refractivity contribution in [3.63, 3.8) is 0 Å². The highest BCUT2D eigenvalue weighted by molar-refractivity contribution is 7.71. The number of hydrogen-bond acceptors (Lipinski definition) is 3. The van der Waals surface area contributed by atoms with Crippen molar-refractivity contribution in [1.29, 1.82) is 0 Å². The third-order valence-electron chi connectivity index (χ3n) is 2.66. The topological polar surface area (TPSA) is 46.5 Å². The number of nitrogens with zero attached hydrogens (tertiary/aromatic N) is 3. The van der Waals surface area contributed by atoms with Crippen LogP contribution in [0.15, 0.2) is 48.8 Å². The largest absolute Gasteiger partial charge is 0.268 e. The summed E-state index contributed by atoms with van der Waals surface area (Å²) in [4.78, 5) is 4.10. The van der Waals surface area contributed by atoms with Gasteiger partial charge < -0.3 is 0 Å². The summed E-state index contributed by atoms with van der Waals surface area (Å²) < 4.78 is 2.35. The molecule has 0 aliphatic carbocycles. The van der Waals surface area contributed by atoms with Crippen LogP contribution in [0.2, 0.25) is 5.02 Å². The van der Waals surface area contributed by atoms with Crippen molar-refractivity contribution >= 4 is 23.8 Å². The van der Waals surface area contributed by atoms with Crippen LogP contribution in [0.5, 0.6) is 0 Å². The van der Waals surface area contributed by atoms with Gasteiger partial charge in [-0.25, -0.2) is 0 Å². The van der Waals surface area contributed by atoms with E-state index in [2.05, 4.69) is 15.2 Å².